The third-order valence-corrected chi connectivity index (χ3v) is 4.91. The van der Waals surface area contributed by atoms with Gasteiger partial charge in [-0.25, -0.2) is 9.37 Å². The van der Waals surface area contributed by atoms with E-state index in [4.69, 9.17) is 0 Å². The summed E-state index contributed by atoms with van der Waals surface area (Å²) in [6.45, 7) is 1.98. The van der Waals surface area contributed by atoms with E-state index < -0.39 is 5.82 Å². The number of fused-ring (bicyclic) bond motifs is 1. The SMILES string of the molecule is Cc1c(C(=O)NCc2ccc(-n3ccnc3)c(F)c2)[nH]c2c1C(=O)CCC2. The average molecular weight is 366 g/mol. The fraction of sp³-hybridized carbons (Fsp3) is 0.250. The zero-order valence-corrected chi connectivity index (χ0v) is 14.9. The van der Waals surface area contributed by atoms with E-state index in [1.807, 2.05) is 0 Å². The molecule has 3 aromatic rings. The molecule has 0 bridgehead atoms. The number of benzene rings is 1. The highest BCUT2D eigenvalue weighted by Gasteiger charge is 2.26. The van der Waals surface area contributed by atoms with Crippen LogP contribution in [0.4, 0.5) is 4.39 Å². The highest BCUT2D eigenvalue weighted by atomic mass is 19.1. The summed E-state index contributed by atoms with van der Waals surface area (Å²) in [5, 5.41) is 2.79. The van der Waals surface area contributed by atoms with Crippen LogP contribution in [-0.4, -0.2) is 26.2 Å². The second-order valence-corrected chi connectivity index (χ2v) is 6.69. The Morgan fingerprint density at radius 2 is 2.22 bits per heavy atom. The number of Topliss-reactive ketones (excluding diaryl/α,β-unsaturated/α-hetero) is 1. The second kappa shape index (κ2) is 6.83. The van der Waals surface area contributed by atoms with Crippen LogP contribution in [0, 0.1) is 12.7 Å². The molecule has 2 N–H and O–H groups in total. The summed E-state index contributed by atoms with van der Waals surface area (Å²) in [5.41, 5.74) is 3.63. The number of hydrogen-bond donors (Lipinski definition) is 2. The van der Waals surface area contributed by atoms with E-state index in [2.05, 4.69) is 15.3 Å². The van der Waals surface area contributed by atoms with Gasteiger partial charge < -0.3 is 14.9 Å². The molecule has 0 atom stereocenters. The molecule has 1 amide bonds. The summed E-state index contributed by atoms with van der Waals surface area (Å²) in [6.07, 6.45) is 6.87. The number of hydrogen-bond acceptors (Lipinski definition) is 3. The molecule has 7 heteroatoms. The number of aryl methyl sites for hydroxylation is 1. The highest BCUT2D eigenvalue weighted by Crippen LogP contribution is 2.26. The molecule has 0 saturated heterocycles. The number of nitrogens with one attached hydrogen (secondary N) is 2. The minimum Gasteiger partial charge on any atom is -0.354 e. The number of H-pyrrole nitrogens is 1. The van der Waals surface area contributed by atoms with Gasteiger partial charge in [0.15, 0.2) is 5.78 Å². The van der Waals surface area contributed by atoms with Crippen LogP contribution in [0.1, 0.15) is 50.5 Å². The van der Waals surface area contributed by atoms with E-state index in [0.717, 1.165) is 18.5 Å². The van der Waals surface area contributed by atoms with Crippen molar-refractivity contribution in [2.75, 3.05) is 0 Å². The molecule has 138 valence electrons. The van der Waals surface area contributed by atoms with E-state index in [0.29, 0.717) is 34.5 Å². The molecule has 1 aromatic carbocycles. The van der Waals surface area contributed by atoms with E-state index in [1.54, 1.807) is 36.0 Å². The number of aromatic amines is 1. The number of ketones is 1. The number of nitrogens with zero attached hydrogens (tertiary/aromatic N) is 2. The summed E-state index contributed by atoms with van der Waals surface area (Å²) in [4.78, 5) is 31.6. The van der Waals surface area contributed by atoms with Crippen molar-refractivity contribution in [3.8, 4) is 5.69 Å². The Balaban J connectivity index is 1.49. The Morgan fingerprint density at radius 3 is 2.93 bits per heavy atom. The first kappa shape index (κ1) is 17.2. The fourth-order valence-electron chi connectivity index (χ4n) is 3.54. The molecule has 0 radical (unpaired) electrons. The Kier molecular flexibility index (Phi) is 4.35. The van der Waals surface area contributed by atoms with Crippen LogP contribution in [0.2, 0.25) is 0 Å². The van der Waals surface area contributed by atoms with Crippen LogP contribution in [-0.2, 0) is 13.0 Å². The molecule has 0 spiro atoms. The van der Waals surface area contributed by atoms with E-state index >= 15 is 0 Å². The van der Waals surface area contributed by atoms with Gasteiger partial charge in [0.25, 0.3) is 5.91 Å². The maximum atomic E-state index is 14.3. The lowest BCUT2D eigenvalue weighted by Gasteiger charge is -2.09. The topological polar surface area (TPSA) is 79.8 Å². The first-order valence-electron chi connectivity index (χ1n) is 8.84. The quantitative estimate of drug-likeness (QED) is 0.745. The Morgan fingerprint density at radius 1 is 1.37 bits per heavy atom. The van der Waals surface area contributed by atoms with Crippen molar-refractivity contribution in [2.45, 2.75) is 32.7 Å². The van der Waals surface area contributed by atoms with Crippen molar-refractivity contribution in [3.05, 3.63) is 70.8 Å². The number of carbonyl (C=O) groups excluding carboxylic acids is 2. The van der Waals surface area contributed by atoms with E-state index in [9.17, 15) is 14.0 Å². The molecule has 0 unspecified atom stereocenters. The van der Waals surface area contributed by atoms with Crippen molar-refractivity contribution >= 4 is 11.7 Å². The minimum atomic E-state index is -0.392. The number of imidazole rings is 1. The molecule has 6 nitrogen and oxygen atoms in total. The Labute approximate surface area is 155 Å². The number of aromatic nitrogens is 3. The average Bonchev–Trinajstić information content (AvgIpc) is 3.29. The van der Waals surface area contributed by atoms with Crippen molar-refractivity contribution in [2.24, 2.45) is 0 Å². The van der Waals surface area contributed by atoms with Crippen molar-refractivity contribution in [3.63, 3.8) is 0 Å². The van der Waals surface area contributed by atoms with Gasteiger partial charge in [0.2, 0.25) is 0 Å². The van der Waals surface area contributed by atoms with Gasteiger partial charge in [0, 0.05) is 36.6 Å². The van der Waals surface area contributed by atoms with Gasteiger partial charge in [-0.15, -0.1) is 0 Å². The standard InChI is InChI=1S/C20H19FN4O2/c1-12-18-15(3-2-4-17(18)26)24-19(12)20(27)23-10-13-5-6-16(14(21)9-13)25-8-7-22-11-25/h5-9,11,24H,2-4,10H2,1H3,(H,23,27). The molecule has 0 saturated carbocycles. The van der Waals surface area contributed by atoms with Gasteiger partial charge in [0.1, 0.15) is 11.5 Å². The van der Waals surface area contributed by atoms with Gasteiger partial charge in [-0.05, 0) is 43.0 Å². The van der Waals surface area contributed by atoms with Crippen LogP contribution in [0.15, 0.2) is 36.9 Å². The highest BCUT2D eigenvalue weighted by molar-refractivity contribution is 6.04. The summed E-state index contributed by atoms with van der Waals surface area (Å²) >= 11 is 0. The molecule has 1 aliphatic carbocycles. The molecule has 2 heterocycles. The summed E-state index contributed by atoms with van der Waals surface area (Å²) in [5.74, 6) is -0.605. The fourth-order valence-corrected chi connectivity index (χ4v) is 3.54. The lowest BCUT2D eigenvalue weighted by molar-refractivity contribution is 0.0944. The smallest absolute Gasteiger partial charge is 0.268 e. The van der Waals surface area contributed by atoms with Gasteiger partial charge in [0.05, 0.1) is 12.0 Å². The van der Waals surface area contributed by atoms with Crippen LogP contribution in [0.5, 0.6) is 0 Å². The third-order valence-electron chi connectivity index (χ3n) is 4.91. The first-order valence-corrected chi connectivity index (χ1v) is 8.84. The summed E-state index contributed by atoms with van der Waals surface area (Å²) < 4.78 is 15.9. The van der Waals surface area contributed by atoms with Crippen molar-refractivity contribution in [1.82, 2.24) is 19.9 Å². The minimum absolute atomic E-state index is 0.0845. The van der Waals surface area contributed by atoms with Crippen molar-refractivity contribution < 1.29 is 14.0 Å². The molecule has 0 aliphatic heterocycles. The van der Waals surface area contributed by atoms with Crippen LogP contribution in [0.3, 0.4) is 0 Å². The van der Waals surface area contributed by atoms with E-state index in [-0.39, 0.29) is 18.2 Å². The van der Waals surface area contributed by atoms with E-state index in [1.165, 1.54) is 12.4 Å². The number of amides is 1. The lowest BCUT2D eigenvalue weighted by Crippen LogP contribution is -2.24. The zero-order chi connectivity index (χ0) is 19.0. The number of halogens is 1. The molecule has 0 fully saturated rings. The zero-order valence-electron chi connectivity index (χ0n) is 14.9. The van der Waals surface area contributed by atoms with Crippen molar-refractivity contribution in [1.29, 1.82) is 0 Å². The van der Waals surface area contributed by atoms with Gasteiger partial charge in [-0.2, -0.15) is 0 Å². The number of rotatable bonds is 4. The Hall–Kier alpha value is -3.22. The molecule has 2 aromatic heterocycles. The lowest BCUT2D eigenvalue weighted by atomic mass is 9.94. The van der Waals surface area contributed by atoms with Gasteiger partial charge in [-0.3, -0.25) is 9.59 Å². The second-order valence-electron chi connectivity index (χ2n) is 6.69. The molecular formula is C20H19FN4O2. The summed E-state index contributed by atoms with van der Waals surface area (Å²) in [6, 6.07) is 4.80. The molecule has 4 rings (SSSR count). The summed E-state index contributed by atoms with van der Waals surface area (Å²) in [7, 11) is 0. The molecule has 27 heavy (non-hydrogen) atoms. The number of carbonyl (C=O) groups is 2. The van der Waals surface area contributed by atoms with Crippen LogP contribution in [0.25, 0.3) is 5.69 Å². The monoisotopic (exact) mass is 366 g/mol. The first-order chi connectivity index (χ1) is 13.0. The Bertz CT molecular complexity index is 1020. The largest absolute Gasteiger partial charge is 0.354 e. The van der Waals surface area contributed by atoms with Gasteiger partial charge in [-0.1, -0.05) is 6.07 Å². The maximum Gasteiger partial charge on any atom is 0.268 e. The molecule has 1 aliphatic rings. The van der Waals surface area contributed by atoms with Crippen LogP contribution < -0.4 is 5.32 Å². The van der Waals surface area contributed by atoms with Crippen LogP contribution >= 0.6 is 0 Å². The predicted molar refractivity (Wildman–Crippen MR) is 97.5 cm³/mol. The third kappa shape index (κ3) is 3.16. The normalized spacial score (nSPS) is 13.5. The van der Waals surface area contributed by atoms with Gasteiger partial charge >= 0.3 is 0 Å². The maximum absolute atomic E-state index is 14.3. The molecular weight excluding hydrogens is 347 g/mol. The predicted octanol–water partition coefficient (Wildman–Crippen LogP) is 3.10.